The normalized spacial score (nSPS) is 15.7. The number of ether oxygens (including phenoxy) is 1. The number of para-hydroxylation sites is 1. The van der Waals surface area contributed by atoms with E-state index in [4.69, 9.17) is 14.2 Å². The molecule has 1 aromatic heterocycles. The van der Waals surface area contributed by atoms with E-state index in [0.29, 0.717) is 18.3 Å². The number of nitrogens with zero attached hydrogens (tertiary/aromatic N) is 3. The lowest BCUT2D eigenvalue weighted by molar-refractivity contribution is 0.202. The summed E-state index contributed by atoms with van der Waals surface area (Å²) in [5, 5.41) is 7.42. The molecule has 0 aliphatic carbocycles. The molecule has 2 amide bonds. The van der Waals surface area contributed by atoms with Crippen molar-refractivity contribution in [2.24, 2.45) is 0 Å². The molecule has 1 N–H and O–H groups in total. The van der Waals surface area contributed by atoms with Crippen LogP contribution in [0.15, 0.2) is 83.0 Å². The molecule has 0 saturated carbocycles. The number of rotatable bonds is 6. The zero-order valence-electron chi connectivity index (χ0n) is 20.8. The predicted octanol–water partition coefficient (Wildman–Crippen LogP) is 6.06. The summed E-state index contributed by atoms with van der Waals surface area (Å²) >= 11 is 0. The summed E-state index contributed by atoms with van der Waals surface area (Å²) in [5.41, 5.74) is 6.56. The zero-order valence-corrected chi connectivity index (χ0v) is 20.8. The number of nitrogens with one attached hydrogen (secondary N) is 1. The maximum atomic E-state index is 13.4. The number of hydrogen-bond acceptors (Lipinski definition) is 5. The fraction of sp³-hybridized carbons (Fsp3) is 0.207. The number of urea groups is 1. The maximum Gasteiger partial charge on any atom is 0.322 e. The molecule has 4 aromatic rings. The number of amides is 2. The van der Waals surface area contributed by atoms with Gasteiger partial charge in [-0.2, -0.15) is 4.98 Å². The summed E-state index contributed by atoms with van der Waals surface area (Å²) in [7, 11) is 1.63. The lowest BCUT2D eigenvalue weighted by Crippen LogP contribution is -2.45. The fourth-order valence-electron chi connectivity index (χ4n) is 4.48. The number of benzene rings is 3. The highest BCUT2D eigenvalue weighted by Crippen LogP contribution is 2.38. The molecular weight excluding hydrogens is 452 g/mol. The van der Waals surface area contributed by atoms with Crippen LogP contribution in [0.3, 0.4) is 0 Å². The second-order valence-corrected chi connectivity index (χ2v) is 8.91. The van der Waals surface area contributed by atoms with Gasteiger partial charge in [0.2, 0.25) is 5.82 Å². The molecule has 1 unspecified atom stereocenters. The number of methoxy groups -OCH3 is 1. The summed E-state index contributed by atoms with van der Waals surface area (Å²) in [4.78, 5) is 19.8. The highest BCUT2D eigenvalue weighted by Gasteiger charge is 2.36. The van der Waals surface area contributed by atoms with Gasteiger partial charge in [0.25, 0.3) is 5.89 Å². The number of carbonyl (C=O) groups is 1. The second kappa shape index (κ2) is 9.70. The number of aryl methyl sites for hydroxylation is 2. The van der Waals surface area contributed by atoms with Crippen LogP contribution in [0.5, 0.6) is 5.75 Å². The third kappa shape index (κ3) is 4.35. The first-order valence-electron chi connectivity index (χ1n) is 11.8. The monoisotopic (exact) mass is 480 g/mol. The van der Waals surface area contributed by atoms with Crippen LogP contribution in [-0.4, -0.2) is 28.2 Å². The molecule has 0 fully saturated rings. The van der Waals surface area contributed by atoms with Crippen LogP contribution < -0.4 is 10.1 Å². The fourth-order valence-corrected chi connectivity index (χ4v) is 4.48. The third-order valence-corrected chi connectivity index (χ3v) is 6.67. The van der Waals surface area contributed by atoms with Gasteiger partial charge in [-0.25, -0.2) is 4.79 Å². The quantitative estimate of drug-likeness (QED) is 0.363. The van der Waals surface area contributed by atoms with E-state index in [2.05, 4.69) is 36.5 Å². The van der Waals surface area contributed by atoms with Crippen LogP contribution >= 0.6 is 0 Å². The lowest BCUT2D eigenvalue weighted by Gasteiger charge is -2.35. The molecule has 0 saturated heterocycles. The molecule has 182 valence electrons. The molecule has 0 radical (unpaired) electrons. The Balaban J connectivity index is 1.62. The van der Waals surface area contributed by atoms with Crippen molar-refractivity contribution in [3.05, 3.63) is 107 Å². The molecule has 0 bridgehead atoms. The van der Waals surface area contributed by atoms with E-state index in [1.54, 1.807) is 12.0 Å². The Morgan fingerprint density at radius 1 is 0.972 bits per heavy atom. The first kappa shape index (κ1) is 23.4. The van der Waals surface area contributed by atoms with E-state index < -0.39 is 6.04 Å². The Morgan fingerprint density at radius 3 is 2.47 bits per heavy atom. The van der Waals surface area contributed by atoms with Crippen molar-refractivity contribution in [2.45, 2.75) is 33.4 Å². The van der Waals surface area contributed by atoms with Crippen molar-refractivity contribution in [3.63, 3.8) is 0 Å². The molecule has 0 spiro atoms. The van der Waals surface area contributed by atoms with Gasteiger partial charge >= 0.3 is 6.03 Å². The average Bonchev–Trinajstić information content (AvgIpc) is 3.38. The molecule has 1 aliphatic heterocycles. The average molecular weight is 481 g/mol. The number of carbonyl (C=O) groups excluding carboxylic acids is 1. The van der Waals surface area contributed by atoms with Crippen LogP contribution in [0, 0.1) is 13.8 Å². The number of hydrogen-bond donors (Lipinski definition) is 1. The van der Waals surface area contributed by atoms with Gasteiger partial charge in [0.1, 0.15) is 5.75 Å². The minimum Gasteiger partial charge on any atom is -0.496 e. The molecule has 7 heteroatoms. The summed E-state index contributed by atoms with van der Waals surface area (Å²) in [6.45, 7) is 6.39. The summed E-state index contributed by atoms with van der Waals surface area (Å²) in [6.07, 6.45) is 0. The topological polar surface area (TPSA) is 80.5 Å². The van der Waals surface area contributed by atoms with Gasteiger partial charge in [0, 0.05) is 16.8 Å². The summed E-state index contributed by atoms with van der Waals surface area (Å²) in [5.74, 6) is 1.60. The van der Waals surface area contributed by atoms with Crippen molar-refractivity contribution in [2.75, 3.05) is 7.11 Å². The first-order valence-corrected chi connectivity index (χ1v) is 11.8. The van der Waals surface area contributed by atoms with Crippen molar-refractivity contribution >= 4 is 11.6 Å². The van der Waals surface area contributed by atoms with E-state index in [1.165, 1.54) is 5.56 Å². The maximum absolute atomic E-state index is 13.4. The summed E-state index contributed by atoms with van der Waals surface area (Å²) in [6, 6.07) is 22.9. The van der Waals surface area contributed by atoms with Gasteiger partial charge in [-0.05, 0) is 43.5 Å². The molecule has 1 atom stereocenters. The van der Waals surface area contributed by atoms with Gasteiger partial charge in [-0.3, -0.25) is 4.90 Å². The van der Waals surface area contributed by atoms with Gasteiger partial charge in [0.15, 0.2) is 0 Å². The molecule has 1 aliphatic rings. The number of allylic oxidation sites excluding steroid dienone is 1. The Hall–Kier alpha value is -4.39. The number of aromatic nitrogens is 2. The minimum atomic E-state index is -0.435. The van der Waals surface area contributed by atoms with Crippen LogP contribution in [0.1, 0.15) is 41.1 Å². The molecule has 5 rings (SSSR count). The van der Waals surface area contributed by atoms with E-state index in [1.807, 2.05) is 67.6 Å². The van der Waals surface area contributed by atoms with E-state index in [-0.39, 0.29) is 6.03 Å². The van der Waals surface area contributed by atoms with Gasteiger partial charge < -0.3 is 14.6 Å². The van der Waals surface area contributed by atoms with Crippen LogP contribution in [0.25, 0.3) is 17.0 Å². The third-order valence-electron chi connectivity index (χ3n) is 6.67. The minimum absolute atomic E-state index is 0.201. The Kier molecular flexibility index (Phi) is 6.29. The molecule has 7 nitrogen and oxygen atoms in total. The van der Waals surface area contributed by atoms with Gasteiger partial charge in [-0.15, -0.1) is 0 Å². The van der Waals surface area contributed by atoms with Crippen LogP contribution in [0.2, 0.25) is 0 Å². The standard InChI is InChI=1S/C29H28N4O3/c1-18-14-15-22(16-19(18)2)26-25(28-31-27(32-36-28)21-10-6-5-7-11-21)20(3)33(29(34)30-26)17-23-12-8-9-13-24(23)35-4/h5-16,26H,17H2,1-4H3,(H,30,34). The van der Waals surface area contributed by atoms with Gasteiger partial charge in [-0.1, -0.05) is 71.9 Å². The molecule has 3 aromatic carbocycles. The van der Waals surface area contributed by atoms with Crippen LogP contribution in [0.4, 0.5) is 4.79 Å². The Bertz CT molecular complexity index is 1440. The van der Waals surface area contributed by atoms with Crippen LogP contribution in [-0.2, 0) is 6.54 Å². The predicted molar refractivity (Wildman–Crippen MR) is 138 cm³/mol. The molecule has 36 heavy (non-hydrogen) atoms. The van der Waals surface area contributed by atoms with E-state index in [0.717, 1.165) is 39.3 Å². The van der Waals surface area contributed by atoms with Gasteiger partial charge in [0.05, 0.1) is 25.3 Å². The summed E-state index contributed by atoms with van der Waals surface area (Å²) < 4.78 is 11.3. The smallest absolute Gasteiger partial charge is 0.322 e. The highest BCUT2D eigenvalue weighted by atomic mass is 16.5. The lowest BCUT2D eigenvalue weighted by atomic mass is 9.92. The largest absolute Gasteiger partial charge is 0.496 e. The van der Waals surface area contributed by atoms with Crippen molar-refractivity contribution in [1.82, 2.24) is 20.4 Å². The SMILES string of the molecule is COc1ccccc1CN1C(=O)NC(c2ccc(C)c(C)c2)C(c2nc(-c3ccccc3)no2)=C1C. The van der Waals surface area contributed by atoms with E-state index in [9.17, 15) is 4.79 Å². The highest BCUT2D eigenvalue weighted by molar-refractivity contribution is 5.87. The first-order chi connectivity index (χ1) is 17.5. The van der Waals surface area contributed by atoms with Crippen molar-refractivity contribution in [3.8, 4) is 17.1 Å². The van der Waals surface area contributed by atoms with Crippen molar-refractivity contribution in [1.29, 1.82) is 0 Å². The van der Waals surface area contributed by atoms with E-state index >= 15 is 0 Å². The Morgan fingerprint density at radius 2 is 1.72 bits per heavy atom. The zero-order chi connectivity index (χ0) is 25.2. The Labute approximate surface area is 210 Å². The van der Waals surface area contributed by atoms with Crippen molar-refractivity contribution < 1.29 is 14.1 Å². The molecular formula is C29H28N4O3. The molecule has 2 heterocycles. The second-order valence-electron chi connectivity index (χ2n) is 8.91.